The molecule has 2 heterocycles. The lowest BCUT2D eigenvalue weighted by atomic mass is 10.1. The van der Waals surface area contributed by atoms with Gasteiger partial charge in [0.25, 0.3) is 0 Å². The van der Waals surface area contributed by atoms with Gasteiger partial charge in [0.1, 0.15) is 0 Å². The number of imide groups is 1. The number of rotatable bonds is 2. The van der Waals surface area contributed by atoms with Crippen molar-refractivity contribution in [1.82, 2.24) is 4.90 Å². The normalized spacial score (nSPS) is 22.9. The van der Waals surface area contributed by atoms with Crippen LogP contribution < -0.4 is 10.6 Å². The van der Waals surface area contributed by atoms with Crippen molar-refractivity contribution in [2.45, 2.75) is 19.0 Å². The molecule has 2 fully saturated rings. The average molecular weight is 291 g/mol. The Labute approximate surface area is 122 Å². The fourth-order valence-electron chi connectivity index (χ4n) is 2.68. The summed E-state index contributed by atoms with van der Waals surface area (Å²) in [5.74, 6) is 1.68. The summed E-state index contributed by atoms with van der Waals surface area (Å²) in [6.45, 7) is 1.11. The van der Waals surface area contributed by atoms with Gasteiger partial charge in [-0.3, -0.25) is 4.79 Å². The monoisotopic (exact) mass is 291 g/mol. The SMILES string of the molecule is NCc1cccc(N2C(=O)CC3CSCCN3C2=O)c1. The summed E-state index contributed by atoms with van der Waals surface area (Å²) in [5.41, 5.74) is 7.16. The van der Waals surface area contributed by atoms with Crippen LogP contribution in [0.4, 0.5) is 10.5 Å². The minimum Gasteiger partial charge on any atom is -0.326 e. The molecule has 5 nitrogen and oxygen atoms in total. The molecule has 3 rings (SSSR count). The van der Waals surface area contributed by atoms with E-state index in [9.17, 15) is 9.59 Å². The lowest BCUT2D eigenvalue weighted by Crippen LogP contribution is -2.59. The number of benzene rings is 1. The molecule has 1 atom stereocenters. The molecule has 0 spiro atoms. The summed E-state index contributed by atoms with van der Waals surface area (Å²) in [4.78, 5) is 28.0. The molecule has 0 aromatic heterocycles. The van der Waals surface area contributed by atoms with E-state index in [1.54, 1.807) is 17.8 Å². The highest BCUT2D eigenvalue weighted by Gasteiger charge is 2.40. The third-order valence-electron chi connectivity index (χ3n) is 3.73. The van der Waals surface area contributed by atoms with Crippen LogP contribution in [0.25, 0.3) is 0 Å². The smallest absolute Gasteiger partial charge is 0.326 e. The lowest BCUT2D eigenvalue weighted by molar-refractivity contribution is -0.120. The fourth-order valence-corrected chi connectivity index (χ4v) is 3.74. The summed E-state index contributed by atoms with van der Waals surface area (Å²) in [6.07, 6.45) is 0.408. The Balaban J connectivity index is 1.91. The Hall–Kier alpha value is -1.53. The molecule has 0 aliphatic carbocycles. The van der Waals surface area contributed by atoms with Crippen molar-refractivity contribution < 1.29 is 9.59 Å². The van der Waals surface area contributed by atoms with Crippen molar-refractivity contribution in [1.29, 1.82) is 0 Å². The van der Waals surface area contributed by atoms with E-state index in [1.165, 1.54) is 4.90 Å². The van der Waals surface area contributed by atoms with E-state index in [0.717, 1.165) is 17.1 Å². The van der Waals surface area contributed by atoms with Gasteiger partial charge in [-0.15, -0.1) is 0 Å². The highest BCUT2D eigenvalue weighted by Crippen LogP contribution is 2.29. The topological polar surface area (TPSA) is 66.6 Å². The minimum absolute atomic E-state index is 0.0580. The summed E-state index contributed by atoms with van der Waals surface area (Å²) >= 11 is 1.81. The molecule has 20 heavy (non-hydrogen) atoms. The first-order valence-electron chi connectivity index (χ1n) is 6.71. The molecule has 1 aromatic carbocycles. The van der Waals surface area contributed by atoms with E-state index in [-0.39, 0.29) is 18.0 Å². The van der Waals surface area contributed by atoms with Gasteiger partial charge in [0.05, 0.1) is 11.7 Å². The third-order valence-corrected chi connectivity index (χ3v) is 4.82. The van der Waals surface area contributed by atoms with E-state index in [4.69, 9.17) is 5.73 Å². The van der Waals surface area contributed by atoms with Crippen molar-refractivity contribution >= 4 is 29.4 Å². The molecular formula is C14H17N3O2S. The molecule has 0 saturated carbocycles. The largest absolute Gasteiger partial charge is 0.331 e. The molecule has 3 amide bonds. The summed E-state index contributed by atoms with van der Waals surface area (Å²) in [7, 11) is 0. The number of amides is 3. The van der Waals surface area contributed by atoms with Crippen molar-refractivity contribution in [2.24, 2.45) is 5.73 Å². The molecular weight excluding hydrogens is 274 g/mol. The summed E-state index contributed by atoms with van der Waals surface area (Å²) in [5, 5.41) is 0. The molecule has 1 unspecified atom stereocenters. The standard InChI is InChI=1S/C14H17N3O2S/c15-8-10-2-1-3-11(6-10)17-13(18)7-12-9-20-5-4-16(12)14(17)19/h1-3,6,12H,4-5,7-9,15H2. The van der Waals surface area contributed by atoms with E-state index < -0.39 is 0 Å². The molecule has 106 valence electrons. The second-order valence-electron chi connectivity index (χ2n) is 5.01. The van der Waals surface area contributed by atoms with E-state index >= 15 is 0 Å². The number of urea groups is 1. The Morgan fingerprint density at radius 1 is 1.35 bits per heavy atom. The van der Waals surface area contributed by atoms with Crippen LogP contribution in [0.2, 0.25) is 0 Å². The van der Waals surface area contributed by atoms with Gasteiger partial charge >= 0.3 is 6.03 Å². The number of fused-ring (bicyclic) bond motifs is 1. The van der Waals surface area contributed by atoms with Crippen LogP contribution in [0.3, 0.4) is 0 Å². The number of hydrogen-bond donors (Lipinski definition) is 1. The second-order valence-corrected chi connectivity index (χ2v) is 6.16. The van der Waals surface area contributed by atoms with Crippen LogP contribution in [0, 0.1) is 0 Å². The Bertz CT molecular complexity index is 549. The molecule has 1 aromatic rings. The van der Waals surface area contributed by atoms with Crippen LogP contribution >= 0.6 is 11.8 Å². The highest BCUT2D eigenvalue weighted by atomic mass is 32.2. The molecule has 2 N–H and O–H groups in total. The van der Waals surface area contributed by atoms with Crippen LogP contribution in [0.1, 0.15) is 12.0 Å². The van der Waals surface area contributed by atoms with Gasteiger partial charge in [0.15, 0.2) is 0 Å². The predicted octanol–water partition coefficient (Wildman–Crippen LogP) is 1.42. The number of carbonyl (C=O) groups is 2. The molecule has 2 saturated heterocycles. The molecule has 0 radical (unpaired) electrons. The molecule has 0 bridgehead atoms. The van der Waals surface area contributed by atoms with Crippen molar-refractivity contribution in [3.8, 4) is 0 Å². The Morgan fingerprint density at radius 2 is 2.20 bits per heavy atom. The first-order chi connectivity index (χ1) is 9.70. The van der Waals surface area contributed by atoms with Crippen LogP contribution in [0.15, 0.2) is 24.3 Å². The van der Waals surface area contributed by atoms with Crippen LogP contribution in [-0.4, -0.2) is 40.9 Å². The maximum Gasteiger partial charge on any atom is 0.331 e. The molecule has 2 aliphatic heterocycles. The van der Waals surface area contributed by atoms with E-state index in [0.29, 0.717) is 25.2 Å². The fraction of sp³-hybridized carbons (Fsp3) is 0.429. The van der Waals surface area contributed by atoms with Crippen molar-refractivity contribution in [3.63, 3.8) is 0 Å². The number of nitrogens with two attached hydrogens (primary N) is 1. The zero-order valence-electron chi connectivity index (χ0n) is 11.1. The van der Waals surface area contributed by atoms with Crippen molar-refractivity contribution in [2.75, 3.05) is 23.0 Å². The quantitative estimate of drug-likeness (QED) is 0.895. The zero-order chi connectivity index (χ0) is 14.1. The van der Waals surface area contributed by atoms with Gasteiger partial charge in [-0.25, -0.2) is 9.69 Å². The van der Waals surface area contributed by atoms with Gasteiger partial charge in [-0.1, -0.05) is 12.1 Å². The highest BCUT2D eigenvalue weighted by molar-refractivity contribution is 7.99. The predicted molar refractivity (Wildman–Crippen MR) is 79.7 cm³/mol. The number of nitrogens with zero attached hydrogens (tertiary/aromatic N) is 2. The first kappa shape index (κ1) is 13.5. The number of thioether (sulfide) groups is 1. The zero-order valence-corrected chi connectivity index (χ0v) is 11.9. The van der Waals surface area contributed by atoms with Gasteiger partial charge in [-0.05, 0) is 17.7 Å². The summed E-state index contributed by atoms with van der Waals surface area (Å²) < 4.78 is 0. The average Bonchev–Trinajstić information content (AvgIpc) is 2.47. The van der Waals surface area contributed by atoms with Crippen LogP contribution in [-0.2, 0) is 11.3 Å². The van der Waals surface area contributed by atoms with Crippen molar-refractivity contribution in [3.05, 3.63) is 29.8 Å². The maximum atomic E-state index is 12.6. The number of anilines is 1. The molecule has 2 aliphatic rings. The lowest BCUT2D eigenvalue weighted by Gasteiger charge is -2.42. The Kier molecular flexibility index (Phi) is 3.67. The number of carbonyl (C=O) groups excluding carboxylic acids is 2. The van der Waals surface area contributed by atoms with E-state index in [2.05, 4.69) is 0 Å². The van der Waals surface area contributed by atoms with E-state index in [1.807, 2.05) is 23.1 Å². The van der Waals surface area contributed by atoms with Gasteiger partial charge < -0.3 is 10.6 Å². The summed E-state index contributed by atoms with van der Waals surface area (Å²) in [6, 6.07) is 7.19. The van der Waals surface area contributed by atoms with Gasteiger partial charge in [0, 0.05) is 31.0 Å². The first-order valence-corrected chi connectivity index (χ1v) is 7.86. The molecule has 6 heteroatoms. The van der Waals surface area contributed by atoms with Gasteiger partial charge in [0.2, 0.25) is 5.91 Å². The third kappa shape index (κ3) is 2.29. The number of hydrogen-bond acceptors (Lipinski definition) is 4. The second kappa shape index (κ2) is 5.46. The minimum atomic E-state index is -0.194. The maximum absolute atomic E-state index is 12.6. The van der Waals surface area contributed by atoms with Crippen LogP contribution in [0.5, 0.6) is 0 Å². The van der Waals surface area contributed by atoms with Gasteiger partial charge in [-0.2, -0.15) is 11.8 Å². The Morgan fingerprint density at radius 3 is 3.00 bits per heavy atom.